The minimum absolute atomic E-state index is 0.143. The zero-order chi connectivity index (χ0) is 16.9. The van der Waals surface area contributed by atoms with Crippen molar-refractivity contribution in [3.8, 4) is 5.75 Å². The maximum atomic E-state index is 12.8. The largest absolute Gasteiger partial charge is 0.493 e. The lowest BCUT2D eigenvalue weighted by molar-refractivity contribution is 0.0917. The third-order valence-corrected chi connectivity index (χ3v) is 4.47. The van der Waals surface area contributed by atoms with Crippen LogP contribution in [-0.4, -0.2) is 30.4 Å². The molecule has 1 heterocycles. The minimum atomic E-state index is 0.143. The summed E-state index contributed by atoms with van der Waals surface area (Å²) in [7, 11) is 0. The van der Waals surface area contributed by atoms with Gasteiger partial charge in [0.05, 0.1) is 18.7 Å². The molecule has 24 heavy (non-hydrogen) atoms. The van der Waals surface area contributed by atoms with Gasteiger partial charge in [0.2, 0.25) is 0 Å². The lowest BCUT2D eigenvalue weighted by Gasteiger charge is -2.28. The number of carbonyl (C=O) groups is 1. The molecule has 0 saturated heterocycles. The molecule has 2 aromatic carbocycles. The Balaban J connectivity index is 1.72. The zero-order valence-corrected chi connectivity index (χ0v) is 14.5. The van der Waals surface area contributed by atoms with Gasteiger partial charge in [-0.15, -0.1) is 0 Å². The van der Waals surface area contributed by atoms with Crippen LogP contribution in [0.25, 0.3) is 0 Å². The Morgan fingerprint density at radius 3 is 2.75 bits per heavy atom. The number of Topliss-reactive ketones (excluding diaryl/α,β-unsaturated/α-hetero) is 1. The van der Waals surface area contributed by atoms with Gasteiger partial charge in [0, 0.05) is 13.1 Å². The van der Waals surface area contributed by atoms with Crippen molar-refractivity contribution < 1.29 is 9.53 Å². The van der Waals surface area contributed by atoms with Gasteiger partial charge in [0.25, 0.3) is 0 Å². The van der Waals surface area contributed by atoms with E-state index in [2.05, 4.69) is 36.1 Å². The highest BCUT2D eigenvalue weighted by Gasteiger charge is 2.20. The van der Waals surface area contributed by atoms with Crippen molar-refractivity contribution in [3.63, 3.8) is 0 Å². The first-order valence-corrected chi connectivity index (χ1v) is 8.73. The van der Waals surface area contributed by atoms with Crippen LogP contribution < -0.4 is 4.74 Å². The van der Waals surface area contributed by atoms with Crippen LogP contribution >= 0.6 is 0 Å². The molecule has 0 aliphatic carbocycles. The molecule has 0 bridgehead atoms. The number of nitrogens with zero attached hydrogens (tertiary/aromatic N) is 1. The molecule has 0 atom stereocenters. The molecule has 0 aromatic heterocycles. The van der Waals surface area contributed by atoms with E-state index in [9.17, 15) is 4.79 Å². The van der Waals surface area contributed by atoms with E-state index in [-0.39, 0.29) is 5.78 Å². The monoisotopic (exact) mass is 323 g/mol. The highest BCUT2D eigenvalue weighted by Crippen LogP contribution is 2.23. The number of aryl methyl sites for hydroxylation is 1. The normalized spacial score (nSPS) is 14.2. The van der Waals surface area contributed by atoms with Gasteiger partial charge in [-0.05, 0) is 43.0 Å². The zero-order valence-electron chi connectivity index (χ0n) is 14.5. The molecular weight excluding hydrogens is 298 g/mol. The van der Waals surface area contributed by atoms with Gasteiger partial charge in [-0.1, -0.05) is 42.8 Å². The fourth-order valence-electron chi connectivity index (χ4n) is 3.18. The van der Waals surface area contributed by atoms with E-state index in [4.69, 9.17) is 4.74 Å². The van der Waals surface area contributed by atoms with Crippen LogP contribution in [0.5, 0.6) is 5.75 Å². The number of ketones is 1. The third kappa shape index (κ3) is 3.85. The van der Waals surface area contributed by atoms with Crippen molar-refractivity contribution in [2.45, 2.75) is 33.2 Å². The first kappa shape index (κ1) is 16.7. The summed E-state index contributed by atoms with van der Waals surface area (Å²) in [6.45, 7) is 6.94. The van der Waals surface area contributed by atoms with Crippen LogP contribution in [0.3, 0.4) is 0 Å². The summed E-state index contributed by atoms with van der Waals surface area (Å²) in [5, 5.41) is 0. The van der Waals surface area contributed by atoms with E-state index in [1.54, 1.807) is 0 Å². The molecule has 0 N–H and O–H groups in total. The van der Waals surface area contributed by atoms with Gasteiger partial charge in [-0.25, -0.2) is 0 Å². The molecule has 3 heteroatoms. The van der Waals surface area contributed by atoms with E-state index in [1.807, 2.05) is 25.1 Å². The predicted octanol–water partition coefficient (Wildman–Crippen LogP) is 4.02. The molecule has 0 unspecified atom stereocenters. The smallest absolute Gasteiger partial charge is 0.180 e. The Labute approximate surface area is 144 Å². The molecule has 1 aliphatic heterocycles. The average molecular weight is 323 g/mol. The summed E-state index contributed by atoms with van der Waals surface area (Å²) >= 11 is 0. The van der Waals surface area contributed by atoms with Crippen LogP contribution in [0.1, 0.15) is 40.4 Å². The van der Waals surface area contributed by atoms with E-state index in [0.29, 0.717) is 24.5 Å². The lowest BCUT2D eigenvalue weighted by Crippen LogP contribution is -2.35. The standard InChI is InChI=1S/C21H25NO2/c1-3-12-24-21-9-8-16(2)13-19(21)20(23)15-22-11-10-17-6-4-5-7-18(17)14-22/h4-9,13H,3,10-12,14-15H2,1-2H3. The van der Waals surface area contributed by atoms with Gasteiger partial charge in [-0.2, -0.15) is 0 Å². The van der Waals surface area contributed by atoms with Gasteiger partial charge < -0.3 is 4.74 Å². The van der Waals surface area contributed by atoms with Crippen molar-refractivity contribution in [3.05, 3.63) is 64.7 Å². The Morgan fingerprint density at radius 1 is 1.17 bits per heavy atom. The molecule has 1 aliphatic rings. The van der Waals surface area contributed by atoms with Gasteiger partial charge >= 0.3 is 0 Å². The molecule has 0 saturated carbocycles. The number of rotatable bonds is 6. The van der Waals surface area contributed by atoms with Crippen LogP contribution in [0, 0.1) is 6.92 Å². The quantitative estimate of drug-likeness (QED) is 0.752. The second-order valence-corrected chi connectivity index (χ2v) is 6.50. The summed E-state index contributed by atoms with van der Waals surface area (Å²) in [4.78, 5) is 15.1. The summed E-state index contributed by atoms with van der Waals surface area (Å²) in [5.74, 6) is 0.856. The SMILES string of the molecule is CCCOc1ccc(C)cc1C(=O)CN1CCc2ccccc2C1. The number of ether oxygens (including phenoxy) is 1. The summed E-state index contributed by atoms with van der Waals surface area (Å²) in [6, 6.07) is 14.4. The Bertz CT molecular complexity index is 724. The van der Waals surface area contributed by atoms with Crippen molar-refractivity contribution in [1.82, 2.24) is 4.90 Å². The van der Waals surface area contributed by atoms with E-state index < -0.39 is 0 Å². The minimum Gasteiger partial charge on any atom is -0.493 e. The molecule has 3 nitrogen and oxygen atoms in total. The highest BCUT2D eigenvalue weighted by atomic mass is 16.5. The number of carbonyl (C=O) groups excluding carboxylic acids is 1. The fraction of sp³-hybridized carbons (Fsp3) is 0.381. The van der Waals surface area contributed by atoms with Crippen molar-refractivity contribution in [1.29, 1.82) is 0 Å². The predicted molar refractivity (Wildman–Crippen MR) is 96.7 cm³/mol. The summed E-state index contributed by atoms with van der Waals surface area (Å²) in [5.41, 5.74) is 4.54. The average Bonchev–Trinajstić information content (AvgIpc) is 2.60. The molecule has 126 valence electrons. The Hall–Kier alpha value is -2.13. The molecule has 0 amide bonds. The molecule has 0 radical (unpaired) electrons. The van der Waals surface area contributed by atoms with Gasteiger partial charge in [0.15, 0.2) is 5.78 Å². The summed E-state index contributed by atoms with van der Waals surface area (Å²) in [6.07, 6.45) is 1.95. The van der Waals surface area contributed by atoms with Crippen LogP contribution in [0.15, 0.2) is 42.5 Å². The first-order valence-electron chi connectivity index (χ1n) is 8.73. The maximum absolute atomic E-state index is 12.8. The number of benzene rings is 2. The first-order chi connectivity index (χ1) is 11.7. The maximum Gasteiger partial charge on any atom is 0.180 e. The van der Waals surface area contributed by atoms with E-state index in [0.717, 1.165) is 31.5 Å². The molecule has 0 fully saturated rings. The number of hydrogen-bond donors (Lipinski definition) is 0. The number of hydrogen-bond acceptors (Lipinski definition) is 3. The van der Waals surface area contributed by atoms with E-state index >= 15 is 0 Å². The van der Waals surface area contributed by atoms with Crippen molar-refractivity contribution in [2.24, 2.45) is 0 Å². The fourth-order valence-corrected chi connectivity index (χ4v) is 3.18. The Kier molecular flexibility index (Phi) is 5.31. The molecule has 3 rings (SSSR count). The second kappa shape index (κ2) is 7.63. The van der Waals surface area contributed by atoms with E-state index in [1.165, 1.54) is 11.1 Å². The molecule has 0 spiro atoms. The second-order valence-electron chi connectivity index (χ2n) is 6.50. The van der Waals surface area contributed by atoms with Gasteiger partial charge in [-0.3, -0.25) is 9.69 Å². The van der Waals surface area contributed by atoms with Crippen molar-refractivity contribution in [2.75, 3.05) is 19.7 Å². The Morgan fingerprint density at radius 2 is 1.96 bits per heavy atom. The number of fused-ring (bicyclic) bond motifs is 1. The lowest BCUT2D eigenvalue weighted by atomic mass is 9.99. The third-order valence-electron chi connectivity index (χ3n) is 4.47. The molecular formula is C21H25NO2. The topological polar surface area (TPSA) is 29.5 Å². The summed E-state index contributed by atoms with van der Waals surface area (Å²) < 4.78 is 5.77. The van der Waals surface area contributed by atoms with Gasteiger partial charge in [0.1, 0.15) is 5.75 Å². The van der Waals surface area contributed by atoms with Crippen LogP contribution in [0.4, 0.5) is 0 Å². The van der Waals surface area contributed by atoms with Crippen LogP contribution in [0.2, 0.25) is 0 Å². The van der Waals surface area contributed by atoms with Crippen LogP contribution in [-0.2, 0) is 13.0 Å². The molecule has 2 aromatic rings. The van der Waals surface area contributed by atoms with Crippen molar-refractivity contribution >= 4 is 5.78 Å². The highest BCUT2D eigenvalue weighted by molar-refractivity contribution is 6.00.